The number of aliphatic hydroxyl groups is 1. The Morgan fingerprint density at radius 3 is 2.84 bits per heavy atom. The molecule has 1 aromatic carbocycles. The largest absolute Gasteiger partial charge is 0.396 e. The molecule has 106 valence electrons. The summed E-state index contributed by atoms with van der Waals surface area (Å²) in [5.41, 5.74) is -0.0493. The SMILES string of the molecule is CCCC(CCO)CNC(=O)c1cc(Cl)ccc1F. The van der Waals surface area contributed by atoms with E-state index in [4.69, 9.17) is 16.7 Å². The molecule has 1 atom stereocenters. The number of amides is 1. The summed E-state index contributed by atoms with van der Waals surface area (Å²) >= 11 is 5.74. The smallest absolute Gasteiger partial charge is 0.254 e. The number of benzene rings is 1. The molecule has 2 N–H and O–H groups in total. The van der Waals surface area contributed by atoms with E-state index in [1.807, 2.05) is 6.92 Å². The average Bonchev–Trinajstić information content (AvgIpc) is 2.39. The summed E-state index contributed by atoms with van der Waals surface area (Å²) in [4.78, 5) is 11.9. The number of carbonyl (C=O) groups is 1. The zero-order valence-electron chi connectivity index (χ0n) is 11.0. The molecule has 0 fully saturated rings. The number of hydrogen-bond donors (Lipinski definition) is 2. The van der Waals surface area contributed by atoms with Crippen LogP contribution in [0.25, 0.3) is 0 Å². The van der Waals surface area contributed by atoms with Gasteiger partial charge in [-0.05, 0) is 37.0 Å². The summed E-state index contributed by atoms with van der Waals surface area (Å²) in [7, 11) is 0. The highest BCUT2D eigenvalue weighted by atomic mass is 35.5. The van der Waals surface area contributed by atoms with Crippen LogP contribution in [0, 0.1) is 11.7 Å². The lowest BCUT2D eigenvalue weighted by Crippen LogP contribution is -2.30. The average molecular weight is 288 g/mol. The Morgan fingerprint density at radius 2 is 2.21 bits per heavy atom. The lowest BCUT2D eigenvalue weighted by Gasteiger charge is -2.15. The van der Waals surface area contributed by atoms with Gasteiger partial charge in [0.25, 0.3) is 5.91 Å². The van der Waals surface area contributed by atoms with E-state index in [1.165, 1.54) is 18.2 Å². The van der Waals surface area contributed by atoms with E-state index in [0.717, 1.165) is 12.8 Å². The second-order valence-corrected chi connectivity index (χ2v) is 4.94. The first-order chi connectivity index (χ1) is 9.08. The van der Waals surface area contributed by atoms with Crippen LogP contribution in [0.4, 0.5) is 4.39 Å². The Kier molecular flexibility index (Phi) is 6.81. The minimum absolute atomic E-state index is 0.0493. The van der Waals surface area contributed by atoms with Gasteiger partial charge in [-0.15, -0.1) is 0 Å². The van der Waals surface area contributed by atoms with E-state index < -0.39 is 11.7 Å². The molecule has 0 radical (unpaired) electrons. The van der Waals surface area contributed by atoms with E-state index in [9.17, 15) is 9.18 Å². The molecule has 0 heterocycles. The first-order valence-corrected chi connectivity index (χ1v) is 6.80. The van der Waals surface area contributed by atoms with Gasteiger partial charge >= 0.3 is 0 Å². The Hall–Kier alpha value is -1.13. The molecule has 0 aliphatic heterocycles. The van der Waals surface area contributed by atoms with Crippen molar-refractivity contribution < 1.29 is 14.3 Å². The number of aliphatic hydroxyl groups excluding tert-OH is 1. The highest BCUT2D eigenvalue weighted by molar-refractivity contribution is 6.30. The molecule has 19 heavy (non-hydrogen) atoms. The van der Waals surface area contributed by atoms with Gasteiger partial charge in [0, 0.05) is 18.2 Å². The number of carbonyl (C=O) groups excluding carboxylic acids is 1. The summed E-state index contributed by atoms with van der Waals surface area (Å²) in [6.07, 6.45) is 2.52. The van der Waals surface area contributed by atoms with E-state index in [0.29, 0.717) is 18.0 Å². The van der Waals surface area contributed by atoms with Crippen LogP contribution in [0.5, 0.6) is 0 Å². The molecule has 0 aromatic heterocycles. The van der Waals surface area contributed by atoms with Crippen LogP contribution in [0.15, 0.2) is 18.2 Å². The van der Waals surface area contributed by atoms with Gasteiger partial charge in [-0.3, -0.25) is 4.79 Å². The molecule has 0 aliphatic rings. The van der Waals surface area contributed by atoms with Crippen molar-refractivity contribution in [3.05, 3.63) is 34.6 Å². The molecule has 1 aromatic rings. The van der Waals surface area contributed by atoms with Gasteiger partial charge in [-0.2, -0.15) is 0 Å². The topological polar surface area (TPSA) is 49.3 Å². The molecule has 1 amide bonds. The number of nitrogens with one attached hydrogen (secondary N) is 1. The normalized spacial score (nSPS) is 12.2. The zero-order valence-corrected chi connectivity index (χ0v) is 11.7. The van der Waals surface area contributed by atoms with Crippen molar-refractivity contribution in [2.45, 2.75) is 26.2 Å². The Bertz CT molecular complexity index is 420. The number of hydrogen-bond acceptors (Lipinski definition) is 2. The molecule has 0 bridgehead atoms. The van der Waals surface area contributed by atoms with Crippen LogP contribution in [0.2, 0.25) is 5.02 Å². The zero-order chi connectivity index (χ0) is 14.3. The first-order valence-electron chi connectivity index (χ1n) is 6.42. The van der Waals surface area contributed by atoms with Crippen molar-refractivity contribution in [3.63, 3.8) is 0 Å². The summed E-state index contributed by atoms with van der Waals surface area (Å²) < 4.78 is 13.5. The van der Waals surface area contributed by atoms with Crippen molar-refractivity contribution in [3.8, 4) is 0 Å². The van der Waals surface area contributed by atoms with Crippen molar-refractivity contribution in [1.82, 2.24) is 5.32 Å². The number of rotatable bonds is 7. The lowest BCUT2D eigenvalue weighted by atomic mass is 10.00. The van der Waals surface area contributed by atoms with Crippen LogP contribution in [0.3, 0.4) is 0 Å². The molecule has 0 saturated carbocycles. The van der Waals surface area contributed by atoms with Gasteiger partial charge in [0.2, 0.25) is 0 Å². The molecular formula is C14H19ClFNO2. The minimum Gasteiger partial charge on any atom is -0.396 e. The van der Waals surface area contributed by atoms with Gasteiger partial charge in [-0.1, -0.05) is 24.9 Å². The highest BCUT2D eigenvalue weighted by Gasteiger charge is 2.14. The van der Waals surface area contributed by atoms with Gasteiger partial charge < -0.3 is 10.4 Å². The van der Waals surface area contributed by atoms with Gasteiger partial charge in [0.1, 0.15) is 5.82 Å². The maximum Gasteiger partial charge on any atom is 0.254 e. The summed E-state index contributed by atoms with van der Waals surface area (Å²) in [5.74, 6) is -0.851. The monoisotopic (exact) mass is 287 g/mol. The van der Waals surface area contributed by atoms with Crippen molar-refractivity contribution in [2.24, 2.45) is 5.92 Å². The van der Waals surface area contributed by atoms with E-state index in [1.54, 1.807) is 0 Å². The van der Waals surface area contributed by atoms with Crippen molar-refractivity contribution in [1.29, 1.82) is 0 Å². The molecule has 1 unspecified atom stereocenters. The predicted molar refractivity (Wildman–Crippen MR) is 73.8 cm³/mol. The van der Waals surface area contributed by atoms with E-state index in [-0.39, 0.29) is 18.1 Å². The van der Waals surface area contributed by atoms with Crippen molar-refractivity contribution >= 4 is 17.5 Å². The molecule has 1 rings (SSSR count). The minimum atomic E-state index is -0.587. The highest BCUT2D eigenvalue weighted by Crippen LogP contribution is 2.15. The Morgan fingerprint density at radius 1 is 1.47 bits per heavy atom. The standard InChI is InChI=1S/C14H19ClFNO2/c1-2-3-10(6-7-18)9-17-14(19)12-8-11(15)4-5-13(12)16/h4-5,8,10,18H,2-3,6-7,9H2,1H3,(H,17,19). The maximum absolute atomic E-state index is 13.5. The summed E-state index contributed by atoms with van der Waals surface area (Å²) in [6, 6.07) is 3.89. The molecule has 0 spiro atoms. The number of halogens is 2. The van der Waals surface area contributed by atoms with Gasteiger partial charge in [0.05, 0.1) is 5.56 Å². The van der Waals surface area contributed by atoms with Crippen LogP contribution >= 0.6 is 11.6 Å². The molecule has 3 nitrogen and oxygen atoms in total. The van der Waals surface area contributed by atoms with Crippen molar-refractivity contribution in [2.75, 3.05) is 13.2 Å². The second-order valence-electron chi connectivity index (χ2n) is 4.50. The first kappa shape index (κ1) is 15.9. The van der Waals surface area contributed by atoms with Crippen LogP contribution in [0.1, 0.15) is 36.5 Å². The third-order valence-corrected chi connectivity index (χ3v) is 3.19. The summed E-state index contributed by atoms with van der Waals surface area (Å²) in [6.45, 7) is 2.56. The third kappa shape index (κ3) is 5.17. The van der Waals surface area contributed by atoms with Gasteiger partial charge in [-0.25, -0.2) is 4.39 Å². The fourth-order valence-corrected chi connectivity index (χ4v) is 2.12. The molecule has 0 aliphatic carbocycles. The van der Waals surface area contributed by atoms with Crippen LogP contribution in [-0.4, -0.2) is 24.2 Å². The van der Waals surface area contributed by atoms with E-state index >= 15 is 0 Å². The molecule has 0 saturated heterocycles. The molecule has 5 heteroatoms. The van der Waals surface area contributed by atoms with Gasteiger partial charge in [0.15, 0.2) is 0 Å². The molecular weight excluding hydrogens is 269 g/mol. The van der Waals surface area contributed by atoms with Crippen LogP contribution in [-0.2, 0) is 0 Å². The third-order valence-electron chi connectivity index (χ3n) is 2.96. The fourth-order valence-electron chi connectivity index (χ4n) is 1.94. The lowest BCUT2D eigenvalue weighted by molar-refractivity contribution is 0.0939. The summed E-state index contributed by atoms with van der Waals surface area (Å²) in [5, 5.41) is 11.9. The predicted octanol–water partition coefficient (Wildman–Crippen LogP) is 3.01. The van der Waals surface area contributed by atoms with E-state index in [2.05, 4.69) is 5.32 Å². The Balaban J connectivity index is 2.61. The fraction of sp³-hybridized carbons (Fsp3) is 0.500. The maximum atomic E-state index is 13.5. The quantitative estimate of drug-likeness (QED) is 0.810. The Labute approximate surface area is 117 Å². The van der Waals surface area contributed by atoms with Crippen LogP contribution < -0.4 is 5.32 Å². The second kappa shape index (κ2) is 8.12.